The SMILES string of the molecule is CCOc1cccc(/C(O)=C2/C(=O)C(=O)N(c3ccc(F)c(Cl)c3)C2c2ccc(C)o2)c1. The third kappa shape index (κ3) is 3.76. The van der Waals surface area contributed by atoms with Crippen molar-refractivity contribution in [3.05, 3.63) is 88.1 Å². The monoisotopic (exact) mass is 455 g/mol. The Morgan fingerprint density at radius 3 is 2.62 bits per heavy atom. The van der Waals surface area contributed by atoms with Gasteiger partial charge in [-0.25, -0.2) is 4.39 Å². The van der Waals surface area contributed by atoms with Crippen molar-refractivity contribution in [1.82, 2.24) is 0 Å². The minimum absolute atomic E-state index is 0.154. The molecule has 1 aliphatic rings. The molecule has 3 aromatic rings. The Hall–Kier alpha value is -3.58. The van der Waals surface area contributed by atoms with Gasteiger partial charge in [0.1, 0.15) is 34.9 Å². The van der Waals surface area contributed by atoms with Crippen LogP contribution in [0.1, 0.15) is 30.0 Å². The van der Waals surface area contributed by atoms with Crippen LogP contribution in [0, 0.1) is 12.7 Å². The van der Waals surface area contributed by atoms with Gasteiger partial charge in [0.15, 0.2) is 0 Å². The molecule has 6 nitrogen and oxygen atoms in total. The fraction of sp³-hybridized carbons (Fsp3) is 0.167. The van der Waals surface area contributed by atoms with E-state index >= 15 is 0 Å². The van der Waals surface area contributed by atoms with Crippen LogP contribution < -0.4 is 9.64 Å². The molecule has 1 aromatic heterocycles. The fourth-order valence-corrected chi connectivity index (χ4v) is 3.83. The number of furan rings is 1. The van der Waals surface area contributed by atoms with Crippen molar-refractivity contribution in [3.63, 3.8) is 0 Å². The molecule has 1 N–H and O–H groups in total. The first-order chi connectivity index (χ1) is 15.3. The first kappa shape index (κ1) is 21.6. The maximum Gasteiger partial charge on any atom is 0.300 e. The van der Waals surface area contributed by atoms with Crippen molar-refractivity contribution in [2.24, 2.45) is 0 Å². The molecule has 1 atom stereocenters. The smallest absolute Gasteiger partial charge is 0.300 e. The van der Waals surface area contributed by atoms with Crippen LogP contribution in [-0.2, 0) is 9.59 Å². The number of anilines is 1. The quantitative estimate of drug-likeness (QED) is 0.316. The van der Waals surface area contributed by atoms with Crippen molar-refractivity contribution in [3.8, 4) is 5.75 Å². The number of nitrogens with zero attached hydrogens (tertiary/aromatic N) is 1. The molecule has 0 spiro atoms. The molecule has 1 saturated heterocycles. The summed E-state index contributed by atoms with van der Waals surface area (Å²) in [4.78, 5) is 27.2. The number of aliphatic hydroxyl groups is 1. The van der Waals surface area contributed by atoms with E-state index in [2.05, 4.69) is 0 Å². The number of hydrogen-bond acceptors (Lipinski definition) is 5. The lowest BCUT2D eigenvalue weighted by atomic mass is 9.99. The van der Waals surface area contributed by atoms with E-state index < -0.39 is 23.5 Å². The summed E-state index contributed by atoms with van der Waals surface area (Å²) in [6.45, 7) is 3.97. The summed E-state index contributed by atoms with van der Waals surface area (Å²) in [6, 6.07) is 12.5. The standard InChI is InChI=1S/C24H19ClFNO5/c1-3-31-16-6-4-5-14(11-16)22(28)20-21(19-10-7-13(2)32-19)27(24(30)23(20)29)15-8-9-18(26)17(25)12-15/h4-12,21,28H,3H2,1-2H3/b22-20-. The number of hydrogen-bond donors (Lipinski definition) is 1. The molecule has 1 fully saturated rings. The summed E-state index contributed by atoms with van der Waals surface area (Å²) < 4.78 is 24.9. The second kappa shape index (κ2) is 8.51. The van der Waals surface area contributed by atoms with Gasteiger partial charge in [0, 0.05) is 11.3 Å². The van der Waals surface area contributed by atoms with E-state index in [-0.39, 0.29) is 27.8 Å². The number of rotatable bonds is 5. The average molecular weight is 456 g/mol. The van der Waals surface area contributed by atoms with Crippen molar-refractivity contribution in [2.75, 3.05) is 11.5 Å². The van der Waals surface area contributed by atoms with Gasteiger partial charge in [-0.15, -0.1) is 0 Å². The zero-order chi connectivity index (χ0) is 23.0. The lowest BCUT2D eigenvalue weighted by Crippen LogP contribution is -2.29. The number of carbonyl (C=O) groups is 2. The van der Waals surface area contributed by atoms with E-state index in [9.17, 15) is 19.1 Å². The largest absolute Gasteiger partial charge is 0.507 e. The summed E-state index contributed by atoms with van der Waals surface area (Å²) in [7, 11) is 0. The maximum absolute atomic E-state index is 13.7. The van der Waals surface area contributed by atoms with Crippen LogP contribution in [0.4, 0.5) is 10.1 Å². The Balaban J connectivity index is 1.91. The summed E-state index contributed by atoms with van der Waals surface area (Å²) >= 11 is 5.92. The van der Waals surface area contributed by atoms with Crippen molar-refractivity contribution >= 4 is 34.7 Å². The van der Waals surface area contributed by atoms with E-state index in [0.29, 0.717) is 23.7 Å². The molecular weight excluding hydrogens is 437 g/mol. The van der Waals surface area contributed by atoms with Gasteiger partial charge in [-0.05, 0) is 56.3 Å². The van der Waals surface area contributed by atoms with Gasteiger partial charge in [0.25, 0.3) is 11.7 Å². The number of halogens is 2. The van der Waals surface area contributed by atoms with E-state index in [4.69, 9.17) is 20.8 Å². The number of aryl methyl sites for hydroxylation is 1. The summed E-state index contributed by atoms with van der Waals surface area (Å²) in [5, 5.41) is 10.9. The first-order valence-electron chi connectivity index (χ1n) is 9.87. The lowest BCUT2D eigenvalue weighted by Gasteiger charge is -2.23. The first-order valence-corrected chi connectivity index (χ1v) is 10.2. The summed E-state index contributed by atoms with van der Waals surface area (Å²) in [5.41, 5.74) is 0.345. The van der Waals surface area contributed by atoms with Crippen LogP contribution >= 0.6 is 11.6 Å². The molecule has 2 aromatic carbocycles. The van der Waals surface area contributed by atoms with Gasteiger partial charge in [-0.2, -0.15) is 0 Å². The second-order valence-electron chi connectivity index (χ2n) is 7.18. The highest BCUT2D eigenvalue weighted by Gasteiger charge is 2.48. The number of amides is 1. The Labute approximate surface area is 188 Å². The number of ether oxygens (including phenoxy) is 1. The van der Waals surface area contributed by atoms with Gasteiger partial charge in [0.05, 0.1) is 17.2 Å². The van der Waals surface area contributed by atoms with Gasteiger partial charge < -0.3 is 14.3 Å². The van der Waals surface area contributed by atoms with E-state index in [1.54, 1.807) is 43.3 Å². The minimum atomic E-state index is -1.07. The van der Waals surface area contributed by atoms with Crippen molar-refractivity contribution in [2.45, 2.75) is 19.9 Å². The van der Waals surface area contributed by atoms with Crippen LogP contribution in [0.25, 0.3) is 5.76 Å². The van der Waals surface area contributed by atoms with E-state index in [0.717, 1.165) is 11.0 Å². The maximum atomic E-state index is 13.7. The van der Waals surface area contributed by atoms with Crippen LogP contribution in [0.15, 0.2) is 64.6 Å². The highest BCUT2D eigenvalue weighted by atomic mass is 35.5. The Bertz CT molecular complexity index is 1250. The minimum Gasteiger partial charge on any atom is -0.507 e. The Kier molecular flexibility index (Phi) is 5.76. The molecule has 164 valence electrons. The Morgan fingerprint density at radius 1 is 1.19 bits per heavy atom. The van der Waals surface area contributed by atoms with Gasteiger partial charge in [0.2, 0.25) is 0 Å². The highest BCUT2D eigenvalue weighted by Crippen LogP contribution is 2.43. The van der Waals surface area contributed by atoms with Crippen molar-refractivity contribution < 1.29 is 28.2 Å². The van der Waals surface area contributed by atoms with Crippen molar-refractivity contribution in [1.29, 1.82) is 0 Å². The number of Topliss-reactive ketones (excluding diaryl/α,β-unsaturated/α-hetero) is 1. The number of aliphatic hydroxyl groups excluding tert-OH is 1. The molecule has 0 saturated carbocycles. The predicted octanol–water partition coefficient (Wildman–Crippen LogP) is 5.41. The van der Waals surface area contributed by atoms with Crippen LogP contribution in [0.2, 0.25) is 5.02 Å². The van der Waals surface area contributed by atoms with Gasteiger partial charge in [-0.3, -0.25) is 14.5 Å². The second-order valence-corrected chi connectivity index (χ2v) is 7.58. The van der Waals surface area contributed by atoms with Crippen LogP contribution in [0.5, 0.6) is 5.75 Å². The third-order valence-corrected chi connectivity index (χ3v) is 5.36. The number of benzene rings is 2. The number of carbonyl (C=O) groups excluding carboxylic acids is 2. The summed E-state index contributed by atoms with van der Waals surface area (Å²) in [6.07, 6.45) is 0. The molecule has 0 bridgehead atoms. The van der Waals surface area contributed by atoms with Gasteiger partial charge in [-0.1, -0.05) is 23.7 Å². The fourth-order valence-electron chi connectivity index (χ4n) is 3.66. The van der Waals surface area contributed by atoms with E-state index in [1.165, 1.54) is 12.1 Å². The number of ketones is 1. The molecule has 32 heavy (non-hydrogen) atoms. The molecule has 0 aliphatic carbocycles. The zero-order valence-corrected chi connectivity index (χ0v) is 18.0. The van der Waals surface area contributed by atoms with Gasteiger partial charge >= 0.3 is 0 Å². The third-order valence-electron chi connectivity index (χ3n) is 5.07. The highest BCUT2D eigenvalue weighted by molar-refractivity contribution is 6.51. The zero-order valence-electron chi connectivity index (χ0n) is 17.3. The van der Waals surface area contributed by atoms with E-state index in [1.807, 2.05) is 6.92 Å². The molecule has 4 rings (SSSR count). The van der Waals surface area contributed by atoms with Crippen LogP contribution in [-0.4, -0.2) is 23.4 Å². The topological polar surface area (TPSA) is 80.0 Å². The average Bonchev–Trinajstić information content (AvgIpc) is 3.31. The summed E-state index contributed by atoms with van der Waals surface area (Å²) in [5.74, 6) is -1.50. The molecule has 2 heterocycles. The molecule has 1 unspecified atom stereocenters. The lowest BCUT2D eigenvalue weighted by molar-refractivity contribution is -0.132. The molecule has 8 heteroatoms. The predicted molar refractivity (Wildman–Crippen MR) is 117 cm³/mol. The molecule has 1 amide bonds. The molecular formula is C24H19ClFNO5. The normalized spacial score (nSPS) is 17.8. The molecule has 1 aliphatic heterocycles. The molecule has 0 radical (unpaired) electrons. The van der Waals surface area contributed by atoms with Crippen LogP contribution in [0.3, 0.4) is 0 Å². The Morgan fingerprint density at radius 2 is 1.97 bits per heavy atom.